The summed E-state index contributed by atoms with van der Waals surface area (Å²) in [7, 11) is 0. The quantitative estimate of drug-likeness (QED) is 0.755. The van der Waals surface area contributed by atoms with E-state index in [1.807, 2.05) is 0 Å². The van der Waals surface area contributed by atoms with E-state index in [0.717, 1.165) is 0 Å². The molecule has 16 heavy (non-hydrogen) atoms. The third-order valence-electron chi connectivity index (χ3n) is 2.66. The summed E-state index contributed by atoms with van der Waals surface area (Å²) in [5.74, 6) is -0.537. The third kappa shape index (κ3) is 1.83. The van der Waals surface area contributed by atoms with Gasteiger partial charge in [-0.3, -0.25) is 4.57 Å². The zero-order valence-electron chi connectivity index (χ0n) is 8.51. The number of nitrogens with zero attached hydrogens (tertiary/aromatic N) is 2. The van der Waals surface area contributed by atoms with E-state index >= 15 is 0 Å². The molecule has 0 aliphatic heterocycles. The number of hydrogen-bond donors (Lipinski definition) is 2. The summed E-state index contributed by atoms with van der Waals surface area (Å²) in [5, 5.41) is 8.93. The fraction of sp³-hybridized carbons (Fsp3) is 0.400. The van der Waals surface area contributed by atoms with Gasteiger partial charge in [0.25, 0.3) is 0 Å². The van der Waals surface area contributed by atoms with Crippen LogP contribution in [0, 0.1) is 5.92 Å². The minimum atomic E-state index is -0.669. The lowest BCUT2D eigenvalue weighted by molar-refractivity contribution is 0.242. The monoisotopic (exact) mass is 225 g/mol. The highest BCUT2D eigenvalue weighted by molar-refractivity contribution is 5.24. The highest BCUT2D eigenvalue weighted by Gasteiger charge is 2.28. The van der Waals surface area contributed by atoms with Gasteiger partial charge in [-0.05, 0) is 18.6 Å². The molecule has 1 aromatic rings. The molecule has 1 aliphatic rings. The molecular formula is C10H12FN3O2. The SMILES string of the molecule is Nc1ccn([C@H]2C[C@@H](CO)C=C2F)c(=O)n1. The summed E-state index contributed by atoms with van der Waals surface area (Å²) in [6.07, 6.45) is 3.13. The second-order valence-corrected chi connectivity index (χ2v) is 3.79. The maximum Gasteiger partial charge on any atom is 0.350 e. The predicted molar refractivity (Wildman–Crippen MR) is 56.3 cm³/mol. The van der Waals surface area contributed by atoms with Gasteiger partial charge < -0.3 is 10.8 Å². The summed E-state index contributed by atoms with van der Waals surface area (Å²) >= 11 is 0. The Balaban J connectivity index is 2.33. The fourth-order valence-corrected chi connectivity index (χ4v) is 1.84. The molecule has 0 spiro atoms. The maximum absolute atomic E-state index is 13.5. The Hall–Kier alpha value is -1.69. The van der Waals surface area contributed by atoms with Crippen molar-refractivity contribution in [1.82, 2.24) is 9.55 Å². The van der Waals surface area contributed by atoms with Crippen LogP contribution >= 0.6 is 0 Å². The van der Waals surface area contributed by atoms with Crippen molar-refractivity contribution >= 4 is 5.82 Å². The van der Waals surface area contributed by atoms with Crippen LogP contribution in [0.2, 0.25) is 0 Å². The van der Waals surface area contributed by atoms with E-state index in [4.69, 9.17) is 10.8 Å². The van der Waals surface area contributed by atoms with Gasteiger partial charge in [-0.25, -0.2) is 9.18 Å². The van der Waals surface area contributed by atoms with Gasteiger partial charge in [0.1, 0.15) is 11.6 Å². The largest absolute Gasteiger partial charge is 0.396 e. The number of nitrogens with two attached hydrogens (primary N) is 1. The first-order valence-electron chi connectivity index (χ1n) is 4.94. The number of aromatic nitrogens is 2. The zero-order chi connectivity index (χ0) is 11.7. The molecule has 0 aromatic carbocycles. The molecule has 5 nitrogen and oxygen atoms in total. The van der Waals surface area contributed by atoms with Crippen LogP contribution in [-0.4, -0.2) is 21.3 Å². The lowest BCUT2D eigenvalue weighted by Gasteiger charge is -2.13. The van der Waals surface area contributed by atoms with E-state index in [0.29, 0.717) is 6.42 Å². The zero-order valence-corrected chi connectivity index (χ0v) is 8.51. The number of aliphatic hydroxyl groups excluding tert-OH is 1. The second-order valence-electron chi connectivity index (χ2n) is 3.79. The first-order chi connectivity index (χ1) is 7.61. The Kier molecular flexibility index (Phi) is 2.74. The van der Waals surface area contributed by atoms with Crippen molar-refractivity contribution in [2.75, 3.05) is 12.3 Å². The molecule has 0 amide bonds. The van der Waals surface area contributed by atoms with Crippen molar-refractivity contribution in [3.63, 3.8) is 0 Å². The molecule has 6 heteroatoms. The van der Waals surface area contributed by atoms with E-state index in [9.17, 15) is 9.18 Å². The van der Waals surface area contributed by atoms with Crippen LogP contribution in [0.1, 0.15) is 12.5 Å². The Bertz CT molecular complexity index is 483. The molecule has 3 N–H and O–H groups in total. The van der Waals surface area contributed by atoms with Crippen LogP contribution in [0.3, 0.4) is 0 Å². The number of nitrogen functional groups attached to an aromatic ring is 1. The average Bonchev–Trinajstić information content (AvgIpc) is 2.60. The van der Waals surface area contributed by atoms with Crippen LogP contribution in [-0.2, 0) is 0 Å². The lowest BCUT2D eigenvalue weighted by Crippen LogP contribution is -2.27. The van der Waals surface area contributed by atoms with Gasteiger partial charge in [-0.2, -0.15) is 4.98 Å². The van der Waals surface area contributed by atoms with E-state index in [1.54, 1.807) is 0 Å². The smallest absolute Gasteiger partial charge is 0.350 e. The lowest BCUT2D eigenvalue weighted by atomic mass is 10.1. The molecule has 1 heterocycles. The molecule has 0 radical (unpaired) electrons. The van der Waals surface area contributed by atoms with E-state index in [1.165, 1.54) is 22.9 Å². The van der Waals surface area contributed by atoms with Crippen molar-refractivity contribution < 1.29 is 9.50 Å². The summed E-state index contributed by atoms with van der Waals surface area (Å²) in [4.78, 5) is 15.0. The van der Waals surface area contributed by atoms with Crippen LogP contribution < -0.4 is 11.4 Å². The summed E-state index contributed by atoms with van der Waals surface area (Å²) in [6.45, 7) is -0.124. The topological polar surface area (TPSA) is 81.1 Å². The summed E-state index contributed by atoms with van der Waals surface area (Å²) < 4.78 is 14.7. The average molecular weight is 225 g/mol. The summed E-state index contributed by atoms with van der Waals surface area (Å²) in [6, 6.07) is 0.777. The van der Waals surface area contributed by atoms with E-state index in [-0.39, 0.29) is 18.3 Å². The molecule has 0 fully saturated rings. The second kappa shape index (κ2) is 4.05. The Morgan fingerprint density at radius 3 is 3.00 bits per heavy atom. The Morgan fingerprint density at radius 2 is 2.44 bits per heavy atom. The standard InChI is InChI=1S/C10H12FN3O2/c11-7-3-6(5-15)4-8(7)14-2-1-9(12)13-10(14)16/h1-3,6,8,15H,4-5H2,(H2,12,13,16)/t6-,8-/m0/s1. The van der Waals surface area contributed by atoms with Crippen molar-refractivity contribution in [2.24, 2.45) is 5.92 Å². The molecular weight excluding hydrogens is 213 g/mol. The van der Waals surface area contributed by atoms with Gasteiger partial charge >= 0.3 is 5.69 Å². The van der Waals surface area contributed by atoms with E-state index < -0.39 is 17.6 Å². The minimum Gasteiger partial charge on any atom is -0.396 e. The molecule has 2 rings (SSSR count). The molecule has 86 valence electrons. The van der Waals surface area contributed by atoms with Crippen molar-refractivity contribution in [2.45, 2.75) is 12.5 Å². The number of halogens is 1. The van der Waals surface area contributed by atoms with Crippen molar-refractivity contribution in [3.05, 3.63) is 34.7 Å². The fourth-order valence-electron chi connectivity index (χ4n) is 1.84. The van der Waals surface area contributed by atoms with Gasteiger partial charge in [-0.15, -0.1) is 0 Å². The van der Waals surface area contributed by atoms with Crippen molar-refractivity contribution in [3.8, 4) is 0 Å². The first-order valence-corrected chi connectivity index (χ1v) is 4.94. The van der Waals surface area contributed by atoms with E-state index in [2.05, 4.69) is 4.98 Å². The molecule has 0 bridgehead atoms. The van der Waals surface area contributed by atoms with Crippen LogP contribution in [0.4, 0.5) is 10.2 Å². The van der Waals surface area contributed by atoms with Gasteiger partial charge in [0.05, 0.1) is 6.04 Å². The molecule has 1 aromatic heterocycles. The number of aliphatic hydroxyl groups is 1. The van der Waals surface area contributed by atoms with Gasteiger partial charge in [0.15, 0.2) is 0 Å². The number of anilines is 1. The summed E-state index contributed by atoms with van der Waals surface area (Å²) in [5.41, 5.74) is 4.76. The van der Waals surface area contributed by atoms with Gasteiger partial charge in [0, 0.05) is 18.7 Å². The third-order valence-corrected chi connectivity index (χ3v) is 2.66. The Labute approximate surface area is 91.0 Å². The van der Waals surface area contributed by atoms with Crippen LogP contribution in [0.15, 0.2) is 29.0 Å². The minimum absolute atomic E-state index is 0.113. The molecule has 0 unspecified atom stereocenters. The van der Waals surface area contributed by atoms with Gasteiger partial charge in [0.2, 0.25) is 0 Å². The number of hydrogen-bond acceptors (Lipinski definition) is 4. The van der Waals surface area contributed by atoms with Gasteiger partial charge in [-0.1, -0.05) is 0 Å². The molecule has 0 saturated carbocycles. The molecule has 2 atom stereocenters. The normalized spacial score (nSPS) is 24.5. The van der Waals surface area contributed by atoms with Crippen molar-refractivity contribution in [1.29, 1.82) is 0 Å². The highest BCUT2D eigenvalue weighted by atomic mass is 19.1. The predicted octanol–water partition coefficient (Wildman–Crippen LogP) is 0.232. The maximum atomic E-state index is 13.5. The Morgan fingerprint density at radius 1 is 1.69 bits per heavy atom. The van der Waals surface area contributed by atoms with Crippen LogP contribution in [0.5, 0.6) is 0 Å². The van der Waals surface area contributed by atoms with Crippen LogP contribution in [0.25, 0.3) is 0 Å². The highest BCUT2D eigenvalue weighted by Crippen LogP contribution is 2.33. The first kappa shape index (κ1) is 10.8. The molecule has 0 saturated heterocycles. The molecule has 1 aliphatic carbocycles. The number of allylic oxidation sites excluding steroid dienone is 1. The number of rotatable bonds is 2.